The van der Waals surface area contributed by atoms with Crippen LogP contribution in [0.15, 0.2) is 23.7 Å². The van der Waals surface area contributed by atoms with E-state index < -0.39 is 0 Å². The maximum absolute atomic E-state index is 8.69. The average Bonchev–Trinajstić information content (AvgIpc) is 2.16. The molecule has 0 amide bonds. The number of aliphatic hydroxyl groups is 4. The predicted molar refractivity (Wildman–Crippen MR) is 45.6 cm³/mol. The van der Waals surface area contributed by atoms with Gasteiger partial charge in [0.25, 0.3) is 0 Å². The lowest BCUT2D eigenvalue weighted by Crippen LogP contribution is -2.03. The number of aliphatic hydroxyl groups excluding tert-OH is 4. The van der Waals surface area contributed by atoms with E-state index in [1.165, 1.54) is 12.2 Å². The second kappa shape index (κ2) is 7.75. The van der Waals surface area contributed by atoms with Gasteiger partial charge in [0.15, 0.2) is 0 Å². The van der Waals surface area contributed by atoms with Crippen LogP contribution in [0.3, 0.4) is 0 Å². The van der Waals surface area contributed by atoms with Crippen LogP contribution in [0, 0.1) is 0 Å². The van der Waals surface area contributed by atoms with Crippen molar-refractivity contribution in [1.29, 1.82) is 0 Å². The van der Waals surface area contributed by atoms with Crippen LogP contribution in [0.5, 0.6) is 0 Å². The summed E-state index contributed by atoms with van der Waals surface area (Å²) in [5.41, 5.74) is 0. The Morgan fingerprint density at radius 3 is 1.46 bits per heavy atom. The Kier molecular flexibility index (Phi) is 7.23. The van der Waals surface area contributed by atoms with Crippen LogP contribution in [0.1, 0.15) is 0 Å². The minimum atomic E-state index is -0.372. The number of hydrogen-bond donors (Lipinski definition) is 4. The Bertz CT molecular complexity index is 165. The summed E-state index contributed by atoms with van der Waals surface area (Å²) in [6.45, 7) is -1.26. The van der Waals surface area contributed by atoms with E-state index in [4.69, 9.17) is 25.2 Å². The van der Waals surface area contributed by atoms with Crippen LogP contribution in [0.25, 0.3) is 0 Å². The van der Waals surface area contributed by atoms with Gasteiger partial charge in [-0.2, -0.15) is 0 Å². The molecule has 5 heteroatoms. The van der Waals surface area contributed by atoms with Crippen LogP contribution in [0.2, 0.25) is 0 Å². The van der Waals surface area contributed by atoms with Crippen molar-refractivity contribution in [2.24, 2.45) is 0 Å². The number of hydrogen-bond acceptors (Lipinski definition) is 5. The first kappa shape index (κ1) is 12.1. The highest BCUT2D eigenvalue weighted by Crippen LogP contribution is 2.04. The third kappa shape index (κ3) is 5.37. The van der Waals surface area contributed by atoms with Crippen LogP contribution in [-0.2, 0) is 4.74 Å². The van der Waals surface area contributed by atoms with Crippen molar-refractivity contribution >= 4 is 0 Å². The zero-order valence-corrected chi connectivity index (χ0v) is 7.18. The molecule has 0 radical (unpaired) electrons. The highest BCUT2D eigenvalue weighted by Gasteiger charge is 2.00. The molecule has 0 aromatic heterocycles. The van der Waals surface area contributed by atoms with Crippen LogP contribution < -0.4 is 0 Å². The molecule has 0 aliphatic carbocycles. The summed E-state index contributed by atoms with van der Waals surface area (Å²) in [6, 6.07) is 0. The quantitative estimate of drug-likeness (QED) is 0.392. The lowest BCUT2D eigenvalue weighted by molar-refractivity contribution is 0.170. The van der Waals surface area contributed by atoms with Gasteiger partial charge in [-0.3, -0.25) is 0 Å². The fourth-order valence-corrected chi connectivity index (χ4v) is 0.649. The molecule has 0 bridgehead atoms. The predicted octanol–water partition coefficient (Wildman–Crippen LogP) is -1.26. The van der Waals surface area contributed by atoms with Gasteiger partial charge in [0, 0.05) is 0 Å². The lowest BCUT2D eigenvalue weighted by Gasteiger charge is -2.08. The highest BCUT2D eigenvalue weighted by atomic mass is 16.5. The van der Waals surface area contributed by atoms with Crippen molar-refractivity contribution in [3.05, 3.63) is 23.7 Å². The second-order valence-corrected chi connectivity index (χ2v) is 2.12. The summed E-state index contributed by atoms with van der Waals surface area (Å²) in [6.07, 6.45) is 2.53. The van der Waals surface area contributed by atoms with E-state index >= 15 is 0 Å². The molecule has 76 valence electrons. The largest absolute Gasteiger partial charge is 0.462 e. The summed E-state index contributed by atoms with van der Waals surface area (Å²) in [4.78, 5) is 0. The number of rotatable bonds is 6. The Balaban J connectivity index is 4.19. The Morgan fingerprint density at radius 2 is 1.23 bits per heavy atom. The fraction of sp³-hybridized carbons (Fsp3) is 0.500. The van der Waals surface area contributed by atoms with Gasteiger partial charge in [-0.05, 0) is 12.2 Å². The van der Waals surface area contributed by atoms with Crippen LogP contribution in [-0.4, -0.2) is 46.9 Å². The van der Waals surface area contributed by atoms with Gasteiger partial charge < -0.3 is 25.2 Å². The average molecular weight is 190 g/mol. The lowest BCUT2D eigenvalue weighted by atomic mass is 10.4. The molecule has 0 unspecified atom stereocenters. The maximum atomic E-state index is 8.69. The molecule has 0 spiro atoms. The Morgan fingerprint density at radius 1 is 0.846 bits per heavy atom. The summed E-state index contributed by atoms with van der Waals surface area (Å²) in [5.74, 6) is 0.271. The first-order valence-electron chi connectivity index (χ1n) is 3.77. The van der Waals surface area contributed by atoms with E-state index in [2.05, 4.69) is 0 Å². The monoisotopic (exact) mass is 190 g/mol. The van der Waals surface area contributed by atoms with E-state index in [1.807, 2.05) is 0 Å². The minimum Gasteiger partial charge on any atom is -0.462 e. The van der Waals surface area contributed by atoms with E-state index in [-0.39, 0.29) is 37.9 Å². The second-order valence-electron chi connectivity index (χ2n) is 2.12. The molecular weight excluding hydrogens is 176 g/mol. The smallest absolute Gasteiger partial charge is 0.127 e. The minimum absolute atomic E-state index is 0.135. The van der Waals surface area contributed by atoms with Crippen molar-refractivity contribution < 1.29 is 25.2 Å². The SMILES string of the molecule is OCC=C(CO)OC(=CCO)CO. The molecule has 0 aliphatic heterocycles. The van der Waals surface area contributed by atoms with Gasteiger partial charge in [0.1, 0.15) is 24.7 Å². The molecule has 4 N–H and O–H groups in total. The van der Waals surface area contributed by atoms with Gasteiger partial charge >= 0.3 is 0 Å². The van der Waals surface area contributed by atoms with E-state index in [9.17, 15) is 0 Å². The topological polar surface area (TPSA) is 90.2 Å². The molecule has 0 saturated carbocycles. The summed E-state index contributed by atoms with van der Waals surface area (Å²) in [5, 5.41) is 34.4. The Hall–Kier alpha value is -0.880. The van der Waals surface area contributed by atoms with Crippen molar-refractivity contribution in [3.8, 4) is 0 Å². The van der Waals surface area contributed by atoms with Crippen molar-refractivity contribution in [3.63, 3.8) is 0 Å². The van der Waals surface area contributed by atoms with E-state index in [0.717, 1.165) is 0 Å². The summed E-state index contributed by atoms with van der Waals surface area (Å²) < 4.78 is 4.93. The normalized spacial score (nSPS) is 13.2. The highest BCUT2D eigenvalue weighted by molar-refractivity contribution is 5.02. The van der Waals surface area contributed by atoms with Gasteiger partial charge in [-0.25, -0.2) is 0 Å². The molecule has 0 heterocycles. The zero-order valence-electron chi connectivity index (χ0n) is 7.18. The van der Waals surface area contributed by atoms with E-state index in [0.29, 0.717) is 0 Å². The van der Waals surface area contributed by atoms with Crippen molar-refractivity contribution in [2.45, 2.75) is 0 Å². The molecule has 0 atom stereocenters. The van der Waals surface area contributed by atoms with Gasteiger partial charge in [0.05, 0.1) is 13.2 Å². The standard InChI is InChI=1S/C8H14O5/c9-3-1-7(5-11)13-8(6-12)2-4-10/h1-2,9-12H,3-6H2. The first-order valence-corrected chi connectivity index (χ1v) is 3.77. The molecule has 0 saturated heterocycles. The summed E-state index contributed by atoms with van der Waals surface area (Å²) in [7, 11) is 0. The zero-order chi connectivity index (χ0) is 10.1. The molecule has 5 nitrogen and oxygen atoms in total. The van der Waals surface area contributed by atoms with Gasteiger partial charge in [-0.1, -0.05) is 0 Å². The first-order chi connectivity index (χ1) is 6.28. The Labute approximate surface area is 76.2 Å². The van der Waals surface area contributed by atoms with Crippen molar-refractivity contribution in [2.75, 3.05) is 26.4 Å². The molecule has 0 aromatic carbocycles. The van der Waals surface area contributed by atoms with Crippen LogP contribution >= 0.6 is 0 Å². The third-order valence-electron chi connectivity index (χ3n) is 1.21. The van der Waals surface area contributed by atoms with Gasteiger partial charge in [0.2, 0.25) is 0 Å². The number of ether oxygens (including phenoxy) is 1. The van der Waals surface area contributed by atoms with Crippen molar-refractivity contribution in [1.82, 2.24) is 0 Å². The summed E-state index contributed by atoms with van der Waals surface area (Å²) >= 11 is 0. The third-order valence-corrected chi connectivity index (χ3v) is 1.21. The molecule has 0 rings (SSSR count). The fourth-order valence-electron chi connectivity index (χ4n) is 0.649. The molecular formula is C8H14O5. The van der Waals surface area contributed by atoms with Crippen LogP contribution in [0.4, 0.5) is 0 Å². The maximum Gasteiger partial charge on any atom is 0.127 e. The molecule has 13 heavy (non-hydrogen) atoms. The molecule has 0 fully saturated rings. The molecule has 0 aliphatic rings. The van der Waals surface area contributed by atoms with Gasteiger partial charge in [-0.15, -0.1) is 0 Å². The van der Waals surface area contributed by atoms with E-state index in [1.54, 1.807) is 0 Å². The molecule has 0 aromatic rings.